The molecule has 66 valence electrons. The number of likely N-dealkylation sites (N-methyl/N-ethyl adjacent to an activating group) is 1. The molecule has 1 rings (SSSR count). The molecule has 0 unspecified atom stereocenters. The van der Waals surface area contributed by atoms with E-state index >= 15 is 0 Å². The maximum atomic E-state index is 12.4. The average molecular weight is 161 g/mol. The fourth-order valence-corrected chi connectivity index (χ4v) is 1.72. The molecular weight excluding hydrogens is 145 g/mol. The number of hydrogen-bond donors (Lipinski definition) is 1. The second-order valence-corrected chi connectivity index (χ2v) is 3.58. The first kappa shape index (κ1) is 8.94. The Kier molecular flexibility index (Phi) is 2.50. The fraction of sp³-hybridized carbons (Fsp3) is 1.00. The summed E-state index contributed by atoms with van der Waals surface area (Å²) in [7, 11) is 1.94. The molecule has 1 aliphatic heterocycles. The van der Waals surface area contributed by atoms with Crippen LogP contribution in [-0.4, -0.2) is 42.4 Å². The molecule has 1 saturated heterocycles. The quantitative estimate of drug-likeness (QED) is 0.643. The van der Waals surface area contributed by atoms with Gasteiger partial charge >= 0.3 is 0 Å². The summed E-state index contributed by atoms with van der Waals surface area (Å²) < 4.78 is 12.4. The van der Waals surface area contributed by atoms with Gasteiger partial charge < -0.3 is 5.11 Å². The monoisotopic (exact) mass is 161 g/mol. The first-order chi connectivity index (χ1) is 5.15. The molecule has 0 spiro atoms. The van der Waals surface area contributed by atoms with Crippen molar-refractivity contribution >= 4 is 0 Å². The van der Waals surface area contributed by atoms with Gasteiger partial charge in [-0.15, -0.1) is 0 Å². The Bertz CT molecular complexity index is 142. The maximum absolute atomic E-state index is 12.4. The van der Waals surface area contributed by atoms with Crippen LogP contribution in [0, 0.1) is 5.92 Å². The van der Waals surface area contributed by atoms with E-state index in [1.807, 2.05) is 18.9 Å². The number of alkyl halides is 1. The third-order valence-electron chi connectivity index (χ3n) is 3.07. The number of rotatable bonds is 2. The maximum Gasteiger partial charge on any atom is 0.0941 e. The van der Waals surface area contributed by atoms with Gasteiger partial charge in [-0.3, -0.25) is 9.29 Å². The average Bonchev–Trinajstić information content (AvgIpc) is 2.30. The van der Waals surface area contributed by atoms with Gasteiger partial charge in [0.1, 0.15) is 0 Å². The zero-order chi connectivity index (χ0) is 8.48. The summed E-state index contributed by atoms with van der Waals surface area (Å²) in [6.07, 6.45) is 0.865. The van der Waals surface area contributed by atoms with E-state index in [1.165, 1.54) is 0 Å². The van der Waals surface area contributed by atoms with Crippen molar-refractivity contribution in [2.24, 2.45) is 5.92 Å². The number of hydrogen-bond acceptors (Lipinski definition) is 2. The van der Waals surface area contributed by atoms with Crippen molar-refractivity contribution < 1.29 is 9.50 Å². The fourth-order valence-electron chi connectivity index (χ4n) is 1.72. The molecule has 2 nitrogen and oxygen atoms in total. The molecule has 2 atom stereocenters. The van der Waals surface area contributed by atoms with Crippen LogP contribution >= 0.6 is 0 Å². The lowest BCUT2D eigenvalue weighted by molar-refractivity contribution is 0.0586. The molecule has 0 radical (unpaired) electrons. The number of aliphatic hydroxyl groups is 1. The number of likely N-dealkylation sites (tertiary alicyclic amines) is 1. The van der Waals surface area contributed by atoms with Crippen LogP contribution in [-0.2, 0) is 0 Å². The highest BCUT2D eigenvalue weighted by Crippen LogP contribution is 2.33. The summed E-state index contributed by atoms with van der Waals surface area (Å²) in [6, 6.07) is 0. The smallest absolute Gasteiger partial charge is 0.0941 e. The molecule has 1 heterocycles. The Morgan fingerprint density at radius 3 is 2.73 bits per heavy atom. The molecule has 0 aromatic heterocycles. The number of halogens is 1. The summed E-state index contributed by atoms with van der Waals surface area (Å²) in [5, 5.41) is 9.09. The Morgan fingerprint density at radius 2 is 2.36 bits per heavy atom. The van der Waals surface area contributed by atoms with E-state index in [9.17, 15) is 4.39 Å². The lowest BCUT2D eigenvalue weighted by Crippen LogP contribution is -2.47. The van der Waals surface area contributed by atoms with Gasteiger partial charge in [0.15, 0.2) is 0 Å². The molecule has 0 saturated carbocycles. The minimum atomic E-state index is -0.325. The van der Waals surface area contributed by atoms with Gasteiger partial charge in [0.25, 0.3) is 0 Å². The molecule has 0 aromatic carbocycles. The Labute approximate surface area is 67.0 Å². The highest BCUT2D eigenvalue weighted by atomic mass is 19.1. The second kappa shape index (κ2) is 3.07. The van der Waals surface area contributed by atoms with Crippen molar-refractivity contribution in [2.45, 2.75) is 18.9 Å². The molecule has 3 heteroatoms. The summed E-state index contributed by atoms with van der Waals surface area (Å²) in [5.41, 5.74) is -0.325. The molecular formula is C8H16FNO. The first-order valence-corrected chi connectivity index (χ1v) is 4.03. The number of aliphatic hydroxyl groups excluding tert-OH is 1. The van der Waals surface area contributed by atoms with Crippen LogP contribution < -0.4 is 0 Å². The zero-order valence-electron chi connectivity index (χ0n) is 7.18. The van der Waals surface area contributed by atoms with E-state index in [2.05, 4.69) is 0 Å². The Morgan fingerprint density at radius 1 is 1.73 bits per heavy atom. The minimum Gasteiger partial charge on any atom is -0.394 e. The van der Waals surface area contributed by atoms with Gasteiger partial charge in [0.2, 0.25) is 0 Å². The number of nitrogens with zero attached hydrogens (tertiary/aromatic N) is 1. The van der Waals surface area contributed by atoms with Crippen LogP contribution in [0.15, 0.2) is 0 Å². The topological polar surface area (TPSA) is 23.5 Å². The molecule has 1 aliphatic rings. The molecule has 11 heavy (non-hydrogen) atoms. The van der Waals surface area contributed by atoms with Gasteiger partial charge in [0.05, 0.1) is 13.3 Å². The van der Waals surface area contributed by atoms with Crippen LogP contribution in [0.4, 0.5) is 4.39 Å². The van der Waals surface area contributed by atoms with Crippen molar-refractivity contribution in [1.82, 2.24) is 4.90 Å². The second-order valence-electron chi connectivity index (χ2n) is 3.58. The summed E-state index contributed by atoms with van der Waals surface area (Å²) in [6.45, 7) is 2.55. The SMILES string of the molecule is CN1CC[C@H](CF)[C@]1(C)CO. The van der Waals surface area contributed by atoms with E-state index in [4.69, 9.17) is 5.11 Å². The van der Waals surface area contributed by atoms with Gasteiger partial charge in [-0.25, -0.2) is 0 Å². The highest BCUT2D eigenvalue weighted by Gasteiger charge is 2.42. The van der Waals surface area contributed by atoms with Gasteiger partial charge in [-0.1, -0.05) is 0 Å². The third kappa shape index (κ3) is 1.27. The largest absolute Gasteiger partial charge is 0.394 e. The minimum absolute atomic E-state index is 0.0116. The van der Waals surface area contributed by atoms with Crippen LogP contribution in [0.1, 0.15) is 13.3 Å². The van der Waals surface area contributed by atoms with Crippen molar-refractivity contribution in [3.8, 4) is 0 Å². The summed E-state index contributed by atoms with van der Waals surface area (Å²) in [5.74, 6) is 0.0116. The molecule has 0 aliphatic carbocycles. The standard InChI is InChI=1S/C8H16FNO/c1-8(6-11)7(5-9)3-4-10(8)2/h7,11H,3-6H2,1-2H3/t7-,8+/m1/s1. The molecule has 0 aromatic rings. The first-order valence-electron chi connectivity index (χ1n) is 4.03. The Balaban J connectivity index is 2.70. The summed E-state index contributed by atoms with van der Waals surface area (Å²) >= 11 is 0. The van der Waals surface area contributed by atoms with Gasteiger partial charge in [-0.05, 0) is 26.9 Å². The van der Waals surface area contributed by atoms with Crippen LogP contribution in [0.2, 0.25) is 0 Å². The van der Waals surface area contributed by atoms with Gasteiger partial charge in [0, 0.05) is 11.5 Å². The lowest BCUT2D eigenvalue weighted by atomic mass is 9.88. The van der Waals surface area contributed by atoms with E-state index in [0.717, 1.165) is 13.0 Å². The molecule has 0 bridgehead atoms. The van der Waals surface area contributed by atoms with Gasteiger partial charge in [-0.2, -0.15) is 0 Å². The highest BCUT2D eigenvalue weighted by molar-refractivity contribution is 4.96. The normalized spacial score (nSPS) is 39.8. The van der Waals surface area contributed by atoms with E-state index < -0.39 is 0 Å². The molecule has 0 amide bonds. The van der Waals surface area contributed by atoms with E-state index in [-0.39, 0.29) is 24.7 Å². The molecule has 1 fully saturated rings. The van der Waals surface area contributed by atoms with E-state index in [1.54, 1.807) is 0 Å². The Hall–Kier alpha value is -0.150. The van der Waals surface area contributed by atoms with Crippen molar-refractivity contribution in [3.63, 3.8) is 0 Å². The van der Waals surface area contributed by atoms with Crippen LogP contribution in [0.5, 0.6) is 0 Å². The predicted octanol–water partition coefficient (Wildman–Crippen LogP) is 0.659. The van der Waals surface area contributed by atoms with E-state index in [0.29, 0.717) is 0 Å². The van der Waals surface area contributed by atoms with Crippen molar-refractivity contribution in [3.05, 3.63) is 0 Å². The van der Waals surface area contributed by atoms with Crippen LogP contribution in [0.3, 0.4) is 0 Å². The van der Waals surface area contributed by atoms with Crippen molar-refractivity contribution in [2.75, 3.05) is 26.9 Å². The molecule has 1 N–H and O–H groups in total. The zero-order valence-corrected chi connectivity index (χ0v) is 7.18. The van der Waals surface area contributed by atoms with Crippen LogP contribution in [0.25, 0.3) is 0 Å². The predicted molar refractivity (Wildman–Crippen MR) is 42.2 cm³/mol. The van der Waals surface area contributed by atoms with Crippen molar-refractivity contribution in [1.29, 1.82) is 0 Å². The summed E-state index contributed by atoms with van der Waals surface area (Å²) in [4.78, 5) is 2.04. The third-order valence-corrected chi connectivity index (χ3v) is 3.07. The lowest BCUT2D eigenvalue weighted by Gasteiger charge is -2.34.